The van der Waals surface area contributed by atoms with Gasteiger partial charge < -0.3 is 9.47 Å². The van der Waals surface area contributed by atoms with Crippen molar-refractivity contribution in [3.05, 3.63) is 19.1 Å². The number of allylic oxidation sites excluding steroid dienone is 1. The first-order valence-electron chi connectivity index (χ1n) is 3.51. The molecule has 0 saturated heterocycles. The van der Waals surface area contributed by atoms with E-state index >= 15 is 0 Å². The van der Waals surface area contributed by atoms with Crippen LogP contribution in [-0.4, -0.2) is 19.4 Å². The van der Waals surface area contributed by atoms with E-state index in [1.807, 2.05) is 6.92 Å². The summed E-state index contributed by atoms with van der Waals surface area (Å²) >= 11 is 0. The zero-order valence-corrected chi connectivity index (χ0v) is 6.71. The molecule has 0 aromatic rings. The van der Waals surface area contributed by atoms with Gasteiger partial charge in [-0.25, -0.2) is 4.79 Å². The summed E-state index contributed by atoms with van der Waals surface area (Å²) in [6.07, 6.45) is 3.46. The standard InChI is InChI=1S/C8H13O3/c1-3-5-7-11-8(9)10-6-4-2/h3,5H,2,4,6-7H2,1H3. The Balaban J connectivity index is 3.22. The van der Waals surface area contributed by atoms with Crippen LogP contribution in [-0.2, 0) is 9.47 Å². The van der Waals surface area contributed by atoms with Crippen LogP contribution in [0.3, 0.4) is 0 Å². The van der Waals surface area contributed by atoms with Crippen molar-refractivity contribution in [3.8, 4) is 0 Å². The fraction of sp³-hybridized carbons (Fsp3) is 0.500. The van der Waals surface area contributed by atoms with Gasteiger partial charge in [0.2, 0.25) is 0 Å². The molecule has 11 heavy (non-hydrogen) atoms. The highest BCUT2D eigenvalue weighted by Crippen LogP contribution is 1.87. The molecule has 0 spiro atoms. The van der Waals surface area contributed by atoms with Crippen LogP contribution in [0.2, 0.25) is 0 Å². The zero-order chi connectivity index (χ0) is 8.53. The van der Waals surface area contributed by atoms with E-state index in [1.54, 1.807) is 12.2 Å². The van der Waals surface area contributed by atoms with E-state index < -0.39 is 6.16 Å². The first kappa shape index (κ1) is 10.0. The molecule has 3 heteroatoms. The molecule has 0 aromatic carbocycles. The Kier molecular flexibility index (Phi) is 6.48. The van der Waals surface area contributed by atoms with Crippen LogP contribution in [0.5, 0.6) is 0 Å². The van der Waals surface area contributed by atoms with Crippen molar-refractivity contribution >= 4 is 6.16 Å². The molecule has 0 aliphatic carbocycles. The van der Waals surface area contributed by atoms with Crippen molar-refractivity contribution in [2.24, 2.45) is 0 Å². The minimum atomic E-state index is -0.633. The highest BCUT2D eigenvalue weighted by molar-refractivity contribution is 5.59. The highest BCUT2D eigenvalue weighted by atomic mass is 16.7. The van der Waals surface area contributed by atoms with Gasteiger partial charge >= 0.3 is 6.16 Å². The van der Waals surface area contributed by atoms with Crippen molar-refractivity contribution in [1.82, 2.24) is 0 Å². The molecular weight excluding hydrogens is 144 g/mol. The Hall–Kier alpha value is -0.990. The number of hydrogen-bond acceptors (Lipinski definition) is 3. The summed E-state index contributed by atoms with van der Waals surface area (Å²) in [4.78, 5) is 10.6. The average molecular weight is 157 g/mol. The van der Waals surface area contributed by atoms with E-state index in [4.69, 9.17) is 0 Å². The number of carbonyl (C=O) groups excluding carboxylic acids is 1. The molecule has 0 atom stereocenters. The van der Waals surface area contributed by atoms with Crippen LogP contribution in [0.25, 0.3) is 0 Å². The Labute approximate surface area is 67.0 Å². The summed E-state index contributed by atoms with van der Waals surface area (Å²) in [5.74, 6) is 0. The molecule has 0 saturated carbocycles. The van der Waals surface area contributed by atoms with Crippen LogP contribution in [0, 0.1) is 6.92 Å². The SMILES string of the molecule is [CH2]CCOC(=O)OCC=CC. The summed E-state index contributed by atoms with van der Waals surface area (Å²) in [5, 5.41) is 0. The van der Waals surface area contributed by atoms with Crippen molar-refractivity contribution in [3.63, 3.8) is 0 Å². The molecule has 3 nitrogen and oxygen atoms in total. The van der Waals surface area contributed by atoms with Crippen molar-refractivity contribution in [1.29, 1.82) is 0 Å². The Morgan fingerprint density at radius 2 is 2.27 bits per heavy atom. The topological polar surface area (TPSA) is 35.5 Å². The summed E-state index contributed by atoms with van der Waals surface area (Å²) in [6, 6.07) is 0. The van der Waals surface area contributed by atoms with Gasteiger partial charge in [0, 0.05) is 0 Å². The molecule has 63 valence electrons. The molecule has 0 heterocycles. The minimum Gasteiger partial charge on any atom is -0.434 e. The second-order valence-corrected chi connectivity index (χ2v) is 1.83. The Morgan fingerprint density at radius 3 is 2.82 bits per heavy atom. The fourth-order valence-electron chi connectivity index (χ4n) is 0.410. The lowest BCUT2D eigenvalue weighted by Crippen LogP contribution is -2.07. The summed E-state index contributed by atoms with van der Waals surface area (Å²) in [6.45, 7) is 5.94. The molecule has 0 unspecified atom stereocenters. The molecular formula is C8H13O3. The molecule has 0 aromatic heterocycles. The van der Waals surface area contributed by atoms with Crippen LogP contribution < -0.4 is 0 Å². The lowest BCUT2D eigenvalue weighted by atomic mass is 10.5. The van der Waals surface area contributed by atoms with E-state index in [2.05, 4.69) is 16.4 Å². The normalized spacial score (nSPS) is 10.0. The van der Waals surface area contributed by atoms with Crippen LogP contribution >= 0.6 is 0 Å². The molecule has 0 aliphatic rings. The van der Waals surface area contributed by atoms with E-state index in [0.29, 0.717) is 13.0 Å². The van der Waals surface area contributed by atoms with Gasteiger partial charge in [-0.1, -0.05) is 12.2 Å². The molecule has 0 aliphatic heterocycles. The Morgan fingerprint density at radius 1 is 1.55 bits per heavy atom. The second-order valence-electron chi connectivity index (χ2n) is 1.83. The molecule has 1 radical (unpaired) electrons. The third-order valence-electron chi connectivity index (χ3n) is 0.897. The zero-order valence-electron chi connectivity index (χ0n) is 6.71. The van der Waals surface area contributed by atoms with Gasteiger partial charge in [0.05, 0.1) is 6.61 Å². The Bertz CT molecular complexity index is 129. The maximum atomic E-state index is 10.6. The highest BCUT2D eigenvalue weighted by Gasteiger charge is 1.98. The largest absolute Gasteiger partial charge is 0.508 e. The number of rotatable bonds is 4. The predicted octanol–water partition coefficient (Wildman–Crippen LogP) is 1.94. The predicted molar refractivity (Wildman–Crippen MR) is 42.1 cm³/mol. The van der Waals surface area contributed by atoms with Gasteiger partial charge in [0.15, 0.2) is 0 Å². The van der Waals surface area contributed by atoms with Gasteiger partial charge in [-0.2, -0.15) is 0 Å². The van der Waals surface area contributed by atoms with Gasteiger partial charge in [-0.3, -0.25) is 0 Å². The monoisotopic (exact) mass is 157 g/mol. The molecule has 0 rings (SSSR count). The third kappa shape index (κ3) is 6.90. The van der Waals surface area contributed by atoms with Crippen molar-refractivity contribution in [2.45, 2.75) is 13.3 Å². The summed E-state index contributed by atoms with van der Waals surface area (Å²) < 4.78 is 9.19. The van der Waals surface area contributed by atoms with Gasteiger partial charge in [0.1, 0.15) is 6.61 Å². The molecule has 0 N–H and O–H groups in total. The van der Waals surface area contributed by atoms with Gasteiger partial charge in [-0.15, -0.1) is 0 Å². The van der Waals surface area contributed by atoms with E-state index in [-0.39, 0.29) is 6.61 Å². The maximum Gasteiger partial charge on any atom is 0.508 e. The lowest BCUT2D eigenvalue weighted by molar-refractivity contribution is 0.0644. The van der Waals surface area contributed by atoms with E-state index in [0.717, 1.165) is 0 Å². The van der Waals surface area contributed by atoms with E-state index in [9.17, 15) is 4.79 Å². The molecule has 0 bridgehead atoms. The molecule has 0 amide bonds. The second kappa shape index (κ2) is 7.12. The lowest BCUT2D eigenvalue weighted by Gasteiger charge is -2.01. The average Bonchev–Trinajstić information content (AvgIpc) is 2.01. The van der Waals surface area contributed by atoms with Crippen LogP contribution in [0.15, 0.2) is 12.2 Å². The van der Waals surface area contributed by atoms with Crippen LogP contribution in [0.1, 0.15) is 13.3 Å². The van der Waals surface area contributed by atoms with E-state index in [1.165, 1.54) is 0 Å². The fourth-order valence-corrected chi connectivity index (χ4v) is 0.410. The molecule has 0 fully saturated rings. The van der Waals surface area contributed by atoms with Gasteiger partial charge in [0.25, 0.3) is 0 Å². The quantitative estimate of drug-likeness (QED) is 0.462. The van der Waals surface area contributed by atoms with Crippen molar-refractivity contribution in [2.75, 3.05) is 13.2 Å². The van der Waals surface area contributed by atoms with Crippen LogP contribution in [0.4, 0.5) is 4.79 Å². The third-order valence-corrected chi connectivity index (χ3v) is 0.897. The summed E-state index contributed by atoms with van der Waals surface area (Å²) in [5.41, 5.74) is 0. The number of ether oxygens (including phenoxy) is 2. The number of carbonyl (C=O) groups is 1. The minimum absolute atomic E-state index is 0.270. The first-order chi connectivity index (χ1) is 5.31. The van der Waals surface area contributed by atoms with Gasteiger partial charge in [-0.05, 0) is 20.3 Å². The van der Waals surface area contributed by atoms with Crippen molar-refractivity contribution < 1.29 is 14.3 Å². The number of hydrogen-bond donors (Lipinski definition) is 0. The first-order valence-corrected chi connectivity index (χ1v) is 3.51. The summed E-state index contributed by atoms with van der Waals surface area (Å²) in [7, 11) is 0. The smallest absolute Gasteiger partial charge is 0.434 e. The maximum absolute atomic E-state index is 10.6.